The van der Waals surface area contributed by atoms with Gasteiger partial charge in [0.2, 0.25) is 0 Å². The number of ketones is 1. The van der Waals surface area contributed by atoms with Gasteiger partial charge in [-0.3, -0.25) is 4.79 Å². The van der Waals surface area contributed by atoms with Crippen LogP contribution in [0.4, 0.5) is 9.18 Å². The van der Waals surface area contributed by atoms with Crippen LogP contribution >= 0.6 is 0 Å². The van der Waals surface area contributed by atoms with E-state index in [-0.39, 0.29) is 23.9 Å². The van der Waals surface area contributed by atoms with E-state index in [1.54, 1.807) is 0 Å². The summed E-state index contributed by atoms with van der Waals surface area (Å²) in [6.45, 7) is 1.93. The molecule has 0 atom stereocenters. The number of hydrogen-bond donors (Lipinski definition) is 1. The number of fused-ring (bicyclic) bond motifs is 3. The standard InChI is InChI=1S/C27H22FNO3/c1-18(30)25-16-20(28)14-13-19(25)8-6-7-15-29-27(31)32-17-26-23-11-4-2-9-21(23)22-10-3-5-12-24(22)26/h2-5,9-14,16,26H,7,15,17H2,1H3,(H,29,31). The molecule has 1 amide bonds. The zero-order valence-electron chi connectivity index (χ0n) is 17.7. The Morgan fingerprint density at radius 3 is 2.31 bits per heavy atom. The van der Waals surface area contributed by atoms with Crippen LogP contribution in [-0.4, -0.2) is 25.0 Å². The first-order chi connectivity index (χ1) is 15.5. The number of carbonyl (C=O) groups excluding carboxylic acids is 2. The van der Waals surface area contributed by atoms with Crippen LogP contribution in [-0.2, 0) is 4.74 Å². The molecule has 3 aromatic rings. The summed E-state index contributed by atoms with van der Waals surface area (Å²) in [6, 6.07) is 20.3. The van der Waals surface area contributed by atoms with Gasteiger partial charge in [0.25, 0.3) is 0 Å². The fourth-order valence-corrected chi connectivity index (χ4v) is 3.95. The van der Waals surface area contributed by atoms with Gasteiger partial charge < -0.3 is 10.1 Å². The Morgan fingerprint density at radius 2 is 1.66 bits per heavy atom. The first-order valence-electron chi connectivity index (χ1n) is 10.4. The second-order valence-electron chi connectivity index (χ2n) is 7.55. The van der Waals surface area contributed by atoms with Gasteiger partial charge in [-0.05, 0) is 47.4 Å². The summed E-state index contributed by atoms with van der Waals surface area (Å²) in [5.74, 6) is 5.06. The fraction of sp³-hybridized carbons (Fsp3) is 0.185. The second-order valence-corrected chi connectivity index (χ2v) is 7.55. The van der Waals surface area contributed by atoms with Gasteiger partial charge in [-0.15, -0.1) is 0 Å². The van der Waals surface area contributed by atoms with Crippen molar-refractivity contribution in [3.63, 3.8) is 0 Å². The van der Waals surface area contributed by atoms with E-state index >= 15 is 0 Å². The van der Waals surface area contributed by atoms with Crippen molar-refractivity contribution in [3.8, 4) is 23.0 Å². The van der Waals surface area contributed by atoms with Crippen LogP contribution in [0.2, 0.25) is 0 Å². The molecule has 1 aliphatic rings. The number of rotatable bonds is 5. The first kappa shape index (κ1) is 21.3. The molecule has 0 bridgehead atoms. The molecule has 160 valence electrons. The molecule has 4 nitrogen and oxygen atoms in total. The smallest absolute Gasteiger partial charge is 0.407 e. The molecule has 5 heteroatoms. The third-order valence-corrected chi connectivity index (χ3v) is 5.45. The molecule has 4 rings (SSSR count). The lowest BCUT2D eigenvalue weighted by Gasteiger charge is -2.14. The average Bonchev–Trinajstić information content (AvgIpc) is 3.12. The maximum Gasteiger partial charge on any atom is 0.407 e. The van der Waals surface area contributed by atoms with Gasteiger partial charge in [0.15, 0.2) is 5.78 Å². The molecule has 0 fully saturated rings. The third kappa shape index (κ3) is 4.55. The largest absolute Gasteiger partial charge is 0.449 e. The topological polar surface area (TPSA) is 55.4 Å². The molecule has 3 aromatic carbocycles. The SMILES string of the molecule is CC(=O)c1cc(F)ccc1C#CCCNC(=O)OCC1c2ccccc2-c2ccccc21. The van der Waals surface area contributed by atoms with Crippen molar-refractivity contribution in [2.75, 3.05) is 13.2 Å². The van der Waals surface area contributed by atoms with Crippen LogP contribution in [0.15, 0.2) is 66.7 Å². The van der Waals surface area contributed by atoms with Crippen molar-refractivity contribution in [1.29, 1.82) is 0 Å². The summed E-state index contributed by atoms with van der Waals surface area (Å²) >= 11 is 0. The number of carbonyl (C=O) groups is 2. The molecule has 0 unspecified atom stereocenters. The molecule has 0 saturated carbocycles. The van der Waals surface area contributed by atoms with E-state index in [4.69, 9.17) is 4.74 Å². The minimum absolute atomic E-state index is 0.0106. The number of alkyl carbamates (subject to hydrolysis) is 1. The second kappa shape index (κ2) is 9.49. The Balaban J connectivity index is 1.30. The minimum Gasteiger partial charge on any atom is -0.449 e. The van der Waals surface area contributed by atoms with E-state index < -0.39 is 11.9 Å². The highest BCUT2D eigenvalue weighted by Gasteiger charge is 2.28. The lowest BCUT2D eigenvalue weighted by atomic mass is 9.98. The minimum atomic E-state index is -0.500. The molecule has 0 radical (unpaired) electrons. The van der Waals surface area contributed by atoms with Gasteiger partial charge in [-0.1, -0.05) is 60.4 Å². The number of hydrogen-bond acceptors (Lipinski definition) is 3. The normalized spacial score (nSPS) is 11.7. The zero-order valence-corrected chi connectivity index (χ0v) is 17.7. The summed E-state index contributed by atoms with van der Waals surface area (Å²) in [7, 11) is 0. The van der Waals surface area contributed by atoms with E-state index in [1.165, 1.54) is 36.2 Å². The highest BCUT2D eigenvalue weighted by atomic mass is 19.1. The van der Waals surface area contributed by atoms with Crippen LogP contribution in [0.3, 0.4) is 0 Å². The van der Waals surface area contributed by atoms with Crippen LogP contribution < -0.4 is 5.32 Å². The average molecular weight is 427 g/mol. The molecule has 0 aromatic heterocycles. The van der Waals surface area contributed by atoms with Gasteiger partial charge >= 0.3 is 6.09 Å². The maximum atomic E-state index is 13.3. The van der Waals surface area contributed by atoms with Crippen LogP contribution in [0.5, 0.6) is 0 Å². The summed E-state index contributed by atoms with van der Waals surface area (Å²) in [4.78, 5) is 23.8. The van der Waals surface area contributed by atoms with Crippen molar-refractivity contribution in [3.05, 3.63) is 94.8 Å². The van der Waals surface area contributed by atoms with Gasteiger partial charge in [0, 0.05) is 30.0 Å². The highest BCUT2D eigenvalue weighted by molar-refractivity contribution is 5.96. The molecule has 1 N–H and O–H groups in total. The van der Waals surface area contributed by atoms with Crippen molar-refractivity contribution in [2.45, 2.75) is 19.3 Å². The Kier molecular flexibility index (Phi) is 6.32. The molecular weight excluding hydrogens is 405 g/mol. The molecular formula is C27H22FNO3. The zero-order chi connectivity index (χ0) is 22.5. The highest BCUT2D eigenvalue weighted by Crippen LogP contribution is 2.44. The fourth-order valence-electron chi connectivity index (χ4n) is 3.95. The van der Waals surface area contributed by atoms with Crippen LogP contribution in [0, 0.1) is 17.7 Å². The first-order valence-corrected chi connectivity index (χ1v) is 10.4. The number of amides is 1. The van der Waals surface area contributed by atoms with Gasteiger partial charge in [-0.2, -0.15) is 0 Å². The van der Waals surface area contributed by atoms with E-state index in [0.717, 1.165) is 11.1 Å². The Bertz CT molecular complexity index is 1190. The molecule has 1 aliphatic carbocycles. The summed E-state index contributed by atoms with van der Waals surface area (Å²) in [6.07, 6.45) is -0.126. The number of benzene rings is 3. The predicted molar refractivity (Wildman–Crippen MR) is 121 cm³/mol. The predicted octanol–water partition coefficient (Wildman–Crippen LogP) is 5.31. The third-order valence-electron chi connectivity index (χ3n) is 5.45. The molecule has 32 heavy (non-hydrogen) atoms. The summed E-state index contributed by atoms with van der Waals surface area (Å²) in [5, 5.41) is 2.70. The lowest BCUT2D eigenvalue weighted by Crippen LogP contribution is -2.26. The number of Topliss-reactive ketones (excluding diaryl/α,β-unsaturated/α-hetero) is 1. The van der Waals surface area contributed by atoms with Crippen LogP contribution in [0.1, 0.15) is 46.3 Å². The monoisotopic (exact) mass is 427 g/mol. The Labute approximate surface area is 186 Å². The number of ether oxygens (including phenoxy) is 1. The maximum absolute atomic E-state index is 13.3. The molecule has 0 saturated heterocycles. The van der Waals surface area contributed by atoms with Gasteiger partial charge in [-0.25, -0.2) is 9.18 Å². The van der Waals surface area contributed by atoms with Crippen molar-refractivity contribution in [1.82, 2.24) is 5.32 Å². The van der Waals surface area contributed by atoms with Crippen LogP contribution in [0.25, 0.3) is 11.1 Å². The molecule has 0 spiro atoms. The number of halogens is 1. The van der Waals surface area contributed by atoms with Crippen molar-refractivity contribution in [2.24, 2.45) is 0 Å². The quantitative estimate of drug-likeness (QED) is 0.341. The van der Waals surface area contributed by atoms with Gasteiger partial charge in [0.05, 0.1) is 0 Å². The molecule has 0 heterocycles. The summed E-state index contributed by atoms with van der Waals surface area (Å²) < 4.78 is 18.8. The lowest BCUT2D eigenvalue weighted by molar-refractivity contribution is 0.101. The van der Waals surface area contributed by atoms with E-state index in [2.05, 4.69) is 41.4 Å². The van der Waals surface area contributed by atoms with Gasteiger partial charge in [0.1, 0.15) is 12.4 Å². The number of nitrogens with one attached hydrogen (secondary N) is 1. The Morgan fingerprint density at radius 1 is 1.00 bits per heavy atom. The van der Waals surface area contributed by atoms with E-state index in [9.17, 15) is 14.0 Å². The van der Waals surface area contributed by atoms with Crippen molar-refractivity contribution < 1.29 is 18.7 Å². The van der Waals surface area contributed by atoms with E-state index in [0.29, 0.717) is 18.5 Å². The van der Waals surface area contributed by atoms with E-state index in [1.807, 2.05) is 24.3 Å². The van der Waals surface area contributed by atoms with Crippen molar-refractivity contribution >= 4 is 11.9 Å². The Hall–Kier alpha value is -3.91. The summed E-state index contributed by atoms with van der Waals surface area (Å²) in [5.41, 5.74) is 5.40. The molecule has 0 aliphatic heterocycles.